The molecule has 0 spiro atoms. The molecule has 8 nitrogen and oxygen atoms in total. The van der Waals surface area contributed by atoms with Crippen LogP contribution in [0.5, 0.6) is 0 Å². The highest BCUT2D eigenvalue weighted by Crippen LogP contribution is 2.17. The largest absolute Gasteiger partial charge is 0.350 e. The van der Waals surface area contributed by atoms with Crippen molar-refractivity contribution in [3.05, 3.63) is 83.1 Å². The van der Waals surface area contributed by atoms with Gasteiger partial charge in [-0.15, -0.1) is 0 Å². The molecule has 4 N–H and O–H groups in total. The molecular formula is C20H17FN6O2. The number of fused-ring (bicyclic) bond motifs is 1. The number of nitrogens with zero attached hydrogens (tertiary/aromatic N) is 2. The maximum atomic E-state index is 13.3. The number of amides is 2. The molecule has 0 saturated heterocycles. The Morgan fingerprint density at radius 3 is 2.38 bits per heavy atom. The summed E-state index contributed by atoms with van der Waals surface area (Å²) in [6, 6.07) is 13.4. The van der Waals surface area contributed by atoms with Gasteiger partial charge in [0.1, 0.15) is 11.5 Å². The lowest BCUT2D eigenvalue weighted by atomic mass is 10.1. The van der Waals surface area contributed by atoms with Crippen LogP contribution in [0.4, 0.5) is 4.39 Å². The van der Waals surface area contributed by atoms with Gasteiger partial charge in [-0.25, -0.2) is 4.39 Å². The number of aromatic nitrogens is 4. The number of rotatable bonds is 6. The molecule has 0 bridgehead atoms. The van der Waals surface area contributed by atoms with E-state index in [9.17, 15) is 14.0 Å². The maximum Gasteiger partial charge on any atom is 0.273 e. The second kappa shape index (κ2) is 7.93. The smallest absolute Gasteiger partial charge is 0.273 e. The Morgan fingerprint density at radius 2 is 1.69 bits per heavy atom. The van der Waals surface area contributed by atoms with E-state index in [4.69, 9.17) is 0 Å². The number of carbonyl (C=O) groups is 2. The van der Waals surface area contributed by atoms with Crippen LogP contribution in [0, 0.1) is 5.82 Å². The van der Waals surface area contributed by atoms with Crippen LogP contribution in [0.1, 0.15) is 32.1 Å². The third kappa shape index (κ3) is 4.13. The van der Waals surface area contributed by atoms with Crippen LogP contribution in [-0.2, 0) is 13.1 Å². The van der Waals surface area contributed by atoms with Crippen LogP contribution < -0.4 is 10.6 Å². The van der Waals surface area contributed by atoms with E-state index in [2.05, 4.69) is 31.0 Å². The molecule has 9 heteroatoms. The minimum Gasteiger partial charge on any atom is -0.350 e. The van der Waals surface area contributed by atoms with Crippen LogP contribution in [0.25, 0.3) is 10.9 Å². The zero-order valence-corrected chi connectivity index (χ0v) is 15.2. The quantitative estimate of drug-likeness (QED) is 0.403. The number of carbonyl (C=O) groups excluding carboxylic acids is 2. The molecule has 0 fully saturated rings. The number of benzene rings is 2. The Hall–Kier alpha value is -4.01. The number of H-pyrrole nitrogens is 2. The van der Waals surface area contributed by atoms with Gasteiger partial charge in [-0.2, -0.15) is 15.4 Å². The molecular weight excluding hydrogens is 375 g/mol. The number of hydrogen-bond acceptors (Lipinski definition) is 4. The molecule has 2 amide bonds. The van der Waals surface area contributed by atoms with Crippen molar-refractivity contribution < 1.29 is 14.0 Å². The monoisotopic (exact) mass is 392 g/mol. The summed E-state index contributed by atoms with van der Waals surface area (Å²) in [6.45, 7) is 0.558. The summed E-state index contributed by atoms with van der Waals surface area (Å²) >= 11 is 0. The van der Waals surface area contributed by atoms with Gasteiger partial charge >= 0.3 is 0 Å². The first kappa shape index (κ1) is 18.4. The molecule has 2 aromatic heterocycles. The van der Waals surface area contributed by atoms with Crippen molar-refractivity contribution in [3.8, 4) is 0 Å². The fraction of sp³-hybridized carbons (Fsp3) is 0.100. The minimum atomic E-state index is -0.368. The van der Waals surface area contributed by atoms with E-state index in [1.165, 1.54) is 18.3 Å². The number of nitrogens with one attached hydrogen (secondary N) is 4. The van der Waals surface area contributed by atoms with Crippen molar-refractivity contribution in [1.29, 1.82) is 0 Å². The molecule has 0 aliphatic heterocycles. The summed E-state index contributed by atoms with van der Waals surface area (Å²) in [5.41, 5.74) is 2.84. The summed E-state index contributed by atoms with van der Waals surface area (Å²) in [7, 11) is 0. The molecule has 146 valence electrons. The molecule has 4 aromatic rings. The van der Waals surface area contributed by atoms with Crippen molar-refractivity contribution in [2.75, 3.05) is 0 Å². The van der Waals surface area contributed by atoms with E-state index in [0.29, 0.717) is 11.2 Å². The lowest BCUT2D eigenvalue weighted by Gasteiger charge is -2.11. The van der Waals surface area contributed by atoms with Gasteiger partial charge in [0.25, 0.3) is 11.8 Å². The molecule has 4 rings (SSSR count). The first-order valence-electron chi connectivity index (χ1n) is 8.87. The van der Waals surface area contributed by atoms with E-state index in [1.807, 2.05) is 24.3 Å². The molecule has 0 saturated carbocycles. The Morgan fingerprint density at radius 1 is 0.966 bits per heavy atom. The number of hydrogen-bond donors (Lipinski definition) is 4. The van der Waals surface area contributed by atoms with Gasteiger partial charge in [-0.05, 0) is 35.4 Å². The summed E-state index contributed by atoms with van der Waals surface area (Å²) < 4.78 is 13.3. The first-order chi connectivity index (χ1) is 14.1. The van der Waals surface area contributed by atoms with E-state index in [-0.39, 0.29) is 36.4 Å². The molecule has 0 radical (unpaired) electrons. The van der Waals surface area contributed by atoms with Crippen molar-refractivity contribution in [1.82, 2.24) is 31.0 Å². The van der Waals surface area contributed by atoms with Crippen LogP contribution in [0.3, 0.4) is 0 Å². The fourth-order valence-corrected chi connectivity index (χ4v) is 2.97. The summed E-state index contributed by atoms with van der Waals surface area (Å²) in [5.74, 6) is -1.01. The van der Waals surface area contributed by atoms with E-state index >= 15 is 0 Å². The Bertz CT molecular complexity index is 1170. The zero-order valence-electron chi connectivity index (χ0n) is 15.2. The summed E-state index contributed by atoms with van der Waals surface area (Å²) in [5, 5.41) is 16.1. The van der Waals surface area contributed by atoms with E-state index < -0.39 is 0 Å². The second-order valence-electron chi connectivity index (χ2n) is 6.40. The van der Waals surface area contributed by atoms with Gasteiger partial charge in [0, 0.05) is 24.0 Å². The molecule has 2 heterocycles. The van der Waals surface area contributed by atoms with Crippen LogP contribution in [0.2, 0.25) is 0 Å². The van der Waals surface area contributed by atoms with Crippen LogP contribution in [0.15, 0.2) is 54.7 Å². The molecule has 0 aliphatic carbocycles. The van der Waals surface area contributed by atoms with E-state index in [1.54, 1.807) is 12.1 Å². The average molecular weight is 392 g/mol. The Kier molecular flexibility index (Phi) is 5.02. The highest BCUT2D eigenvalue weighted by atomic mass is 19.1. The van der Waals surface area contributed by atoms with Crippen molar-refractivity contribution in [2.45, 2.75) is 13.1 Å². The van der Waals surface area contributed by atoms with Gasteiger partial charge in [0.15, 0.2) is 5.69 Å². The SMILES string of the molecule is O=C(NCc1ccccc1CNC(=O)c1cc2ccc(F)cc2[nH]1)c1cn[nH]n1. The van der Waals surface area contributed by atoms with Gasteiger partial charge in [0.2, 0.25) is 0 Å². The Balaban J connectivity index is 1.41. The molecule has 0 unspecified atom stereocenters. The predicted octanol–water partition coefficient (Wildman–Crippen LogP) is 2.29. The van der Waals surface area contributed by atoms with Gasteiger partial charge < -0.3 is 15.6 Å². The number of halogens is 1. The predicted molar refractivity (Wildman–Crippen MR) is 103 cm³/mol. The average Bonchev–Trinajstić information content (AvgIpc) is 3.40. The number of aromatic amines is 2. The topological polar surface area (TPSA) is 116 Å². The van der Waals surface area contributed by atoms with Gasteiger partial charge in [-0.3, -0.25) is 9.59 Å². The molecule has 29 heavy (non-hydrogen) atoms. The fourth-order valence-electron chi connectivity index (χ4n) is 2.97. The Labute approximate surface area is 164 Å². The van der Waals surface area contributed by atoms with Crippen molar-refractivity contribution in [3.63, 3.8) is 0 Å². The summed E-state index contributed by atoms with van der Waals surface area (Å²) in [6.07, 6.45) is 1.34. The van der Waals surface area contributed by atoms with Crippen LogP contribution in [-0.4, -0.2) is 32.2 Å². The standard InChI is InChI=1S/C20H17FN6O2/c21-15-6-5-12-7-17(25-16(12)8-15)19(28)22-9-13-3-1-2-4-14(13)10-23-20(29)18-11-24-27-26-18/h1-8,11,25H,9-10H2,(H,22,28)(H,23,29)(H,24,26,27). The lowest BCUT2D eigenvalue weighted by molar-refractivity contribution is 0.0936. The third-order valence-electron chi connectivity index (χ3n) is 4.47. The highest BCUT2D eigenvalue weighted by molar-refractivity contribution is 5.98. The lowest BCUT2D eigenvalue weighted by Crippen LogP contribution is -2.26. The van der Waals surface area contributed by atoms with Gasteiger partial charge in [-0.1, -0.05) is 24.3 Å². The van der Waals surface area contributed by atoms with Crippen molar-refractivity contribution in [2.24, 2.45) is 0 Å². The molecule has 0 atom stereocenters. The minimum absolute atomic E-state index is 0.200. The summed E-state index contributed by atoms with van der Waals surface area (Å²) in [4.78, 5) is 27.4. The third-order valence-corrected chi connectivity index (χ3v) is 4.47. The second-order valence-corrected chi connectivity index (χ2v) is 6.40. The first-order valence-corrected chi connectivity index (χ1v) is 8.87. The van der Waals surface area contributed by atoms with Crippen LogP contribution >= 0.6 is 0 Å². The molecule has 2 aromatic carbocycles. The van der Waals surface area contributed by atoms with Crippen molar-refractivity contribution >= 4 is 22.7 Å². The normalized spacial score (nSPS) is 10.8. The van der Waals surface area contributed by atoms with Gasteiger partial charge in [0.05, 0.1) is 6.20 Å². The molecule has 0 aliphatic rings. The van der Waals surface area contributed by atoms with E-state index in [0.717, 1.165) is 16.5 Å². The maximum absolute atomic E-state index is 13.3. The zero-order chi connectivity index (χ0) is 20.2. The highest BCUT2D eigenvalue weighted by Gasteiger charge is 2.12.